The Labute approximate surface area is 121 Å². The SMILES string of the molecule is C#CCOc1ccc(Br)cc1CNC(C)(CO)CO. The minimum atomic E-state index is -0.730. The second-order valence-electron chi connectivity index (χ2n) is 4.48. The summed E-state index contributed by atoms with van der Waals surface area (Å²) in [5.41, 5.74) is 0.170. The monoisotopic (exact) mass is 327 g/mol. The molecule has 19 heavy (non-hydrogen) atoms. The molecule has 1 aromatic carbocycles. The lowest BCUT2D eigenvalue weighted by Gasteiger charge is -2.26. The summed E-state index contributed by atoms with van der Waals surface area (Å²) in [5, 5.41) is 21.6. The number of rotatable bonds is 7. The van der Waals surface area contributed by atoms with Crippen LogP contribution in [0.5, 0.6) is 5.75 Å². The Bertz CT molecular complexity index is 452. The van der Waals surface area contributed by atoms with Crippen molar-refractivity contribution in [3.8, 4) is 18.1 Å². The third kappa shape index (κ3) is 4.84. The Morgan fingerprint density at radius 3 is 2.68 bits per heavy atom. The van der Waals surface area contributed by atoms with Gasteiger partial charge in [0.25, 0.3) is 0 Å². The molecule has 104 valence electrons. The van der Waals surface area contributed by atoms with E-state index < -0.39 is 5.54 Å². The van der Waals surface area contributed by atoms with Gasteiger partial charge in [-0.25, -0.2) is 0 Å². The van der Waals surface area contributed by atoms with E-state index in [2.05, 4.69) is 27.2 Å². The highest BCUT2D eigenvalue weighted by Crippen LogP contribution is 2.23. The van der Waals surface area contributed by atoms with Crippen molar-refractivity contribution in [1.29, 1.82) is 0 Å². The number of terminal acetylenes is 1. The molecule has 1 aromatic rings. The molecule has 0 aromatic heterocycles. The second kappa shape index (κ2) is 7.51. The van der Waals surface area contributed by atoms with E-state index >= 15 is 0 Å². The highest BCUT2D eigenvalue weighted by Gasteiger charge is 2.21. The minimum Gasteiger partial charge on any atom is -0.481 e. The van der Waals surface area contributed by atoms with Crippen LogP contribution in [0.15, 0.2) is 22.7 Å². The minimum absolute atomic E-state index is 0.155. The molecule has 0 heterocycles. The van der Waals surface area contributed by atoms with Crippen molar-refractivity contribution in [3.63, 3.8) is 0 Å². The van der Waals surface area contributed by atoms with Gasteiger partial charge in [-0.1, -0.05) is 21.9 Å². The number of hydrogen-bond donors (Lipinski definition) is 3. The van der Waals surface area contributed by atoms with Gasteiger partial charge in [-0.05, 0) is 25.1 Å². The molecule has 0 unspecified atom stereocenters. The number of nitrogens with one attached hydrogen (secondary N) is 1. The van der Waals surface area contributed by atoms with Crippen LogP contribution in [0.4, 0.5) is 0 Å². The van der Waals surface area contributed by atoms with Crippen molar-refractivity contribution in [1.82, 2.24) is 5.32 Å². The number of hydrogen-bond acceptors (Lipinski definition) is 4. The van der Waals surface area contributed by atoms with Crippen molar-refractivity contribution in [3.05, 3.63) is 28.2 Å². The summed E-state index contributed by atoms with van der Waals surface area (Å²) in [6, 6.07) is 5.61. The first-order valence-electron chi connectivity index (χ1n) is 5.86. The molecule has 0 aliphatic heterocycles. The predicted octanol–water partition coefficient (Wildman–Crippen LogP) is 1.29. The number of benzene rings is 1. The van der Waals surface area contributed by atoms with Crippen molar-refractivity contribution in [2.24, 2.45) is 0 Å². The molecule has 4 nitrogen and oxygen atoms in total. The summed E-state index contributed by atoms with van der Waals surface area (Å²) < 4.78 is 6.38. The molecule has 0 atom stereocenters. The third-order valence-electron chi connectivity index (χ3n) is 2.74. The Balaban J connectivity index is 2.81. The molecule has 0 fully saturated rings. The molecule has 0 radical (unpaired) electrons. The largest absolute Gasteiger partial charge is 0.481 e. The maximum Gasteiger partial charge on any atom is 0.148 e. The molecule has 0 aliphatic carbocycles. The van der Waals surface area contributed by atoms with Gasteiger partial charge in [0.1, 0.15) is 12.4 Å². The third-order valence-corrected chi connectivity index (χ3v) is 3.23. The number of aliphatic hydroxyl groups is 2. The van der Waals surface area contributed by atoms with Crippen LogP contribution in [-0.4, -0.2) is 35.6 Å². The molecule has 5 heteroatoms. The summed E-state index contributed by atoms with van der Waals surface area (Å²) in [7, 11) is 0. The highest BCUT2D eigenvalue weighted by atomic mass is 79.9. The Kier molecular flexibility index (Phi) is 6.32. The highest BCUT2D eigenvalue weighted by molar-refractivity contribution is 9.10. The number of aliphatic hydroxyl groups excluding tert-OH is 2. The van der Waals surface area contributed by atoms with E-state index in [4.69, 9.17) is 11.2 Å². The topological polar surface area (TPSA) is 61.7 Å². The molecule has 0 saturated carbocycles. The zero-order chi connectivity index (χ0) is 14.3. The van der Waals surface area contributed by atoms with Crippen molar-refractivity contribution < 1.29 is 14.9 Å². The van der Waals surface area contributed by atoms with Gasteiger partial charge in [-0.3, -0.25) is 0 Å². The molecule has 0 aliphatic rings. The summed E-state index contributed by atoms with van der Waals surface area (Å²) in [5.74, 6) is 3.11. The first-order chi connectivity index (χ1) is 9.04. The molecule has 0 amide bonds. The van der Waals surface area contributed by atoms with E-state index in [1.807, 2.05) is 18.2 Å². The number of halogens is 1. The summed E-state index contributed by atoms with van der Waals surface area (Å²) in [6.45, 7) is 2.09. The van der Waals surface area contributed by atoms with E-state index in [9.17, 15) is 10.2 Å². The van der Waals surface area contributed by atoms with Crippen LogP contribution in [0.1, 0.15) is 12.5 Å². The standard InChI is InChI=1S/C14H18BrNO3/c1-3-6-19-13-5-4-12(15)7-11(13)8-16-14(2,9-17)10-18/h1,4-5,7,16-18H,6,8-10H2,2H3. The quantitative estimate of drug-likeness (QED) is 0.660. The van der Waals surface area contributed by atoms with E-state index in [0.29, 0.717) is 12.3 Å². The van der Waals surface area contributed by atoms with Gasteiger partial charge in [0.2, 0.25) is 0 Å². The Morgan fingerprint density at radius 1 is 1.42 bits per heavy atom. The van der Waals surface area contributed by atoms with Gasteiger partial charge in [-0.15, -0.1) is 6.42 Å². The molecule has 0 spiro atoms. The smallest absolute Gasteiger partial charge is 0.148 e. The predicted molar refractivity (Wildman–Crippen MR) is 77.9 cm³/mol. The first kappa shape index (κ1) is 16.0. The van der Waals surface area contributed by atoms with Crippen LogP contribution in [0.25, 0.3) is 0 Å². The van der Waals surface area contributed by atoms with E-state index in [1.165, 1.54) is 0 Å². The van der Waals surface area contributed by atoms with Gasteiger partial charge < -0.3 is 20.3 Å². The number of ether oxygens (including phenoxy) is 1. The fourth-order valence-electron chi connectivity index (χ4n) is 1.42. The lowest BCUT2D eigenvalue weighted by atomic mass is 10.0. The van der Waals surface area contributed by atoms with Crippen molar-refractivity contribution in [2.75, 3.05) is 19.8 Å². The van der Waals surface area contributed by atoms with Gasteiger partial charge >= 0.3 is 0 Å². The van der Waals surface area contributed by atoms with Crippen LogP contribution in [0, 0.1) is 12.3 Å². The fourth-order valence-corrected chi connectivity index (χ4v) is 1.83. The van der Waals surface area contributed by atoms with Gasteiger partial charge in [-0.2, -0.15) is 0 Å². The first-order valence-corrected chi connectivity index (χ1v) is 6.65. The lowest BCUT2D eigenvalue weighted by Crippen LogP contribution is -2.48. The molecule has 0 saturated heterocycles. The Hall–Kier alpha value is -1.06. The van der Waals surface area contributed by atoms with Gasteiger partial charge in [0.15, 0.2) is 0 Å². The maximum atomic E-state index is 9.24. The van der Waals surface area contributed by atoms with E-state index in [1.54, 1.807) is 6.92 Å². The van der Waals surface area contributed by atoms with E-state index in [-0.39, 0.29) is 19.8 Å². The molecule has 1 rings (SSSR count). The zero-order valence-electron chi connectivity index (χ0n) is 10.8. The van der Waals surface area contributed by atoms with Crippen LogP contribution in [-0.2, 0) is 6.54 Å². The average molecular weight is 328 g/mol. The molecule has 0 bridgehead atoms. The lowest BCUT2D eigenvalue weighted by molar-refractivity contribution is 0.103. The van der Waals surface area contributed by atoms with Crippen molar-refractivity contribution in [2.45, 2.75) is 19.0 Å². The van der Waals surface area contributed by atoms with Crippen LogP contribution in [0.3, 0.4) is 0 Å². The normalized spacial score (nSPS) is 11.1. The van der Waals surface area contributed by atoms with Gasteiger partial charge in [0, 0.05) is 16.6 Å². The van der Waals surface area contributed by atoms with Crippen LogP contribution >= 0.6 is 15.9 Å². The second-order valence-corrected chi connectivity index (χ2v) is 5.39. The van der Waals surface area contributed by atoms with Crippen LogP contribution < -0.4 is 10.1 Å². The summed E-state index contributed by atoms with van der Waals surface area (Å²) in [4.78, 5) is 0. The molecule has 3 N–H and O–H groups in total. The zero-order valence-corrected chi connectivity index (χ0v) is 12.4. The summed E-state index contributed by atoms with van der Waals surface area (Å²) in [6.07, 6.45) is 5.18. The molecular formula is C14H18BrNO3. The molecular weight excluding hydrogens is 310 g/mol. The van der Waals surface area contributed by atoms with E-state index in [0.717, 1.165) is 10.0 Å². The van der Waals surface area contributed by atoms with Gasteiger partial charge in [0.05, 0.1) is 18.8 Å². The maximum absolute atomic E-state index is 9.24. The summed E-state index contributed by atoms with van der Waals surface area (Å²) >= 11 is 3.40. The average Bonchev–Trinajstić information content (AvgIpc) is 2.43. The van der Waals surface area contributed by atoms with Crippen LogP contribution in [0.2, 0.25) is 0 Å². The fraction of sp³-hybridized carbons (Fsp3) is 0.429. The Morgan fingerprint density at radius 2 is 2.11 bits per heavy atom. The van der Waals surface area contributed by atoms with Crippen molar-refractivity contribution >= 4 is 15.9 Å².